The zero-order valence-corrected chi connectivity index (χ0v) is 15.9. The second kappa shape index (κ2) is 14.5. The molecule has 1 unspecified atom stereocenters. The van der Waals surface area contributed by atoms with Gasteiger partial charge >= 0.3 is 0 Å². The normalized spacial score (nSPS) is 14.8. The Hall–Kier alpha value is -1.11. The summed E-state index contributed by atoms with van der Waals surface area (Å²) in [7, 11) is 0. The Balaban J connectivity index is 4.79. The van der Waals surface area contributed by atoms with Crippen molar-refractivity contribution in [3.8, 4) is 0 Å². The molecule has 0 aliphatic heterocycles. The Bertz CT molecular complexity index is 364. The van der Waals surface area contributed by atoms with Crippen molar-refractivity contribution in [2.75, 3.05) is 0 Å². The number of aliphatic imine (C=N–C) groups is 1. The standard InChI is InChI=1S/C22H39N/c1-6-10-12-14-16-19-22(5,18-15-13-11-7-2)21(8-3)17-20-23-9-4/h8-9,17,20H,3-4,6-7,10-16,18-19H2,1-2,5H3/b21-17+,23-20?. The Kier molecular flexibility index (Phi) is 13.8. The predicted molar refractivity (Wildman–Crippen MR) is 107 cm³/mol. The first-order valence-corrected chi connectivity index (χ1v) is 9.61. The number of allylic oxidation sites excluding steroid dienone is 3. The summed E-state index contributed by atoms with van der Waals surface area (Å²) >= 11 is 0. The lowest BCUT2D eigenvalue weighted by molar-refractivity contribution is 0.314. The predicted octanol–water partition coefficient (Wildman–Crippen LogP) is 7.65. The molecule has 0 aromatic carbocycles. The molecule has 0 aliphatic carbocycles. The average Bonchev–Trinajstić information content (AvgIpc) is 2.55. The molecular weight excluding hydrogens is 278 g/mol. The topological polar surface area (TPSA) is 12.4 Å². The molecule has 0 spiro atoms. The minimum absolute atomic E-state index is 0.231. The van der Waals surface area contributed by atoms with Gasteiger partial charge in [-0.2, -0.15) is 0 Å². The molecule has 0 radical (unpaired) electrons. The first kappa shape index (κ1) is 21.9. The maximum Gasteiger partial charge on any atom is 0.0270 e. The molecule has 23 heavy (non-hydrogen) atoms. The van der Waals surface area contributed by atoms with Crippen molar-refractivity contribution in [1.29, 1.82) is 0 Å². The molecular formula is C22H39N. The fraction of sp³-hybridized carbons (Fsp3) is 0.682. The highest BCUT2D eigenvalue weighted by Crippen LogP contribution is 2.39. The summed E-state index contributed by atoms with van der Waals surface area (Å²) in [4.78, 5) is 4.12. The van der Waals surface area contributed by atoms with Crippen molar-refractivity contribution in [3.05, 3.63) is 37.1 Å². The molecule has 0 N–H and O–H groups in total. The van der Waals surface area contributed by atoms with E-state index in [4.69, 9.17) is 0 Å². The van der Waals surface area contributed by atoms with Crippen LogP contribution >= 0.6 is 0 Å². The Morgan fingerprint density at radius 1 is 0.870 bits per heavy atom. The summed E-state index contributed by atoms with van der Waals surface area (Å²) in [6.07, 6.45) is 22.1. The molecule has 0 rings (SSSR count). The van der Waals surface area contributed by atoms with E-state index < -0.39 is 0 Å². The first-order chi connectivity index (χ1) is 11.1. The lowest BCUT2D eigenvalue weighted by atomic mass is 9.73. The van der Waals surface area contributed by atoms with Crippen LogP contribution in [0, 0.1) is 5.41 Å². The van der Waals surface area contributed by atoms with Gasteiger partial charge in [-0.3, -0.25) is 4.99 Å². The van der Waals surface area contributed by atoms with Crippen molar-refractivity contribution in [2.24, 2.45) is 10.4 Å². The summed E-state index contributed by atoms with van der Waals surface area (Å²) in [6.45, 7) is 14.6. The number of nitrogens with zero attached hydrogens (tertiary/aromatic N) is 1. The third-order valence-corrected chi connectivity index (χ3v) is 4.78. The van der Waals surface area contributed by atoms with Crippen LogP contribution in [0.3, 0.4) is 0 Å². The first-order valence-electron chi connectivity index (χ1n) is 9.61. The fourth-order valence-corrected chi connectivity index (χ4v) is 3.17. The Labute approximate surface area is 145 Å². The van der Waals surface area contributed by atoms with E-state index in [0.29, 0.717) is 0 Å². The summed E-state index contributed by atoms with van der Waals surface area (Å²) < 4.78 is 0. The third-order valence-electron chi connectivity index (χ3n) is 4.78. The van der Waals surface area contributed by atoms with Crippen LogP contribution in [0.1, 0.15) is 91.4 Å². The SMILES string of the molecule is C=CN=C/C=C(\C=C)C(C)(CCCCCC)CCCCCCC. The largest absolute Gasteiger partial charge is 0.265 e. The van der Waals surface area contributed by atoms with Gasteiger partial charge in [-0.05, 0) is 29.9 Å². The van der Waals surface area contributed by atoms with E-state index in [1.54, 1.807) is 6.20 Å². The van der Waals surface area contributed by atoms with E-state index in [1.165, 1.54) is 76.2 Å². The molecule has 0 amide bonds. The van der Waals surface area contributed by atoms with Gasteiger partial charge in [0.25, 0.3) is 0 Å². The van der Waals surface area contributed by atoms with E-state index in [0.717, 1.165) is 0 Å². The molecule has 1 nitrogen and oxygen atoms in total. The number of rotatable bonds is 15. The molecule has 132 valence electrons. The second-order valence-electron chi connectivity index (χ2n) is 6.84. The van der Waals surface area contributed by atoms with E-state index in [1.807, 2.05) is 12.3 Å². The van der Waals surface area contributed by atoms with Crippen molar-refractivity contribution < 1.29 is 0 Å². The van der Waals surface area contributed by atoms with Gasteiger partial charge in [0.05, 0.1) is 0 Å². The number of hydrogen-bond donors (Lipinski definition) is 0. The fourth-order valence-electron chi connectivity index (χ4n) is 3.17. The summed E-state index contributed by atoms with van der Waals surface area (Å²) in [5, 5.41) is 0. The van der Waals surface area contributed by atoms with Crippen LogP contribution in [0.25, 0.3) is 0 Å². The molecule has 0 aromatic rings. The number of hydrogen-bond acceptors (Lipinski definition) is 1. The van der Waals surface area contributed by atoms with Crippen LogP contribution in [0.4, 0.5) is 0 Å². The maximum absolute atomic E-state index is 4.12. The molecule has 0 bridgehead atoms. The molecule has 0 heterocycles. The zero-order chi connectivity index (χ0) is 17.4. The molecule has 0 fully saturated rings. The molecule has 0 saturated carbocycles. The van der Waals surface area contributed by atoms with Gasteiger partial charge in [-0.15, -0.1) is 0 Å². The van der Waals surface area contributed by atoms with E-state index in [2.05, 4.69) is 45.0 Å². The van der Waals surface area contributed by atoms with Crippen molar-refractivity contribution in [3.63, 3.8) is 0 Å². The van der Waals surface area contributed by atoms with Gasteiger partial charge in [0.1, 0.15) is 0 Å². The van der Waals surface area contributed by atoms with Gasteiger partial charge in [0.15, 0.2) is 0 Å². The van der Waals surface area contributed by atoms with Crippen LogP contribution in [0.15, 0.2) is 42.1 Å². The average molecular weight is 318 g/mol. The highest BCUT2D eigenvalue weighted by Gasteiger charge is 2.26. The molecule has 1 heteroatoms. The van der Waals surface area contributed by atoms with E-state index in [-0.39, 0.29) is 5.41 Å². The van der Waals surface area contributed by atoms with E-state index in [9.17, 15) is 0 Å². The molecule has 1 atom stereocenters. The highest BCUT2D eigenvalue weighted by atomic mass is 14.6. The van der Waals surface area contributed by atoms with Crippen LogP contribution < -0.4 is 0 Å². The summed E-state index contributed by atoms with van der Waals surface area (Å²) in [6, 6.07) is 0. The Morgan fingerprint density at radius 2 is 1.39 bits per heavy atom. The lowest BCUT2D eigenvalue weighted by Crippen LogP contribution is -2.19. The van der Waals surface area contributed by atoms with E-state index >= 15 is 0 Å². The Morgan fingerprint density at radius 3 is 1.87 bits per heavy atom. The summed E-state index contributed by atoms with van der Waals surface area (Å²) in [5.41, 5.74) is 1.56. The smallest absolute Gasteiger partial charge is 0.0270 e. The van der Waals surface area contributed by atoms with Gasteiger partial charge in [-0.1, -0.05) is 97.8 Å². The van der Waals surface area contributed by atoms with Crippen molar-refractivity contribution >= 4 is 6.21 Å². The van der Waals surface area contributed by atoms with Gasteiger partial charge < -0.3 is 0 Å². The third kappa shape index (κ3) is 10.3. The zero-order valence-electron chi connectivity index (χ0n) is 15.9. The van der Waals surface area contributed by atoms with Crippen LogP contribution in [0.2, 0.25) is 0 Å². The van der Waals surface area contributed by atoms with Gasteiger partial charge in [0, 0.05) is 12.4 Å². The lowest BCUT2D eigenvalue weighted by Gasteiger charge is -2.31. The molecule has 0 aliphatic rings. The van der Waals surface area contributed by atoms with Crippen molar-refractivity contribution in [1.82, 2.24) is 0 Å². The van der Waals surface area contributed by atoms with Crippen molar-refractivity contribution in [2.45, 2.75) is 91.4 Å². The monoisotopic (exact) mass is 317 g/mol. The highest BCUT2D eigenvalue weighted by molar-refractivity contribution is 5.73. The van der Waals surface area contributed by atoms with Gasteiger partial charge in [-0.25, -0.2) is 0 Å². The maximum atomic E-state index is 4.12. The van der Waals surface area contributed by atoms with Crippen LogP contribution in [-0.2, 0) is 0 Å². The minimum atomic E-state index is 0.231. The number of unbranched alkanes of at least 4 members (excludes halogenated alkanes) is 7. The summed E-state index contributed by atoms with van der Waals surface area (Å²) in [5.74, 6) is 0. The second-order valence-corrected chi connectivity index (χ2v) is 6.84. The molecule has 0 saturated heterocycles. The van der Waals surface area contributed by atoms with Crippen LogP contribution in [-0.4, -0.2) is 6.21 Å². The van der Waals surface area contributed by atoms with Crippen LogP contribution in [0.5, 0.6) is 0 Å². The quantitative estimate of drug-likeness (QED) is 0.167. The molecule has 0 aromatic heterocycles. The minimum Gasteiger partial charge on any atom is -0.265 e. The van der Waals surface area contributed by atoms with Gasteiger partial charge in [0.2, 0.25) is 0 Å².